The van der Waals surface area contributed by atoms with E-state index in [1.54, 1.807) is 22.9 Å². The molecular formula is C21H24N6O3. The molecule has 9 nitrogen and oxygen atoms in total. The molecule has 0 spiro atoms. The van der Waals surface area contributed by atoms with Crippen LogP contribution in [-0.4, -0.2) is 52.2 Å². The van der Waals surface area contributed by atoms with Crippen LogP contribution in [-0.2, 0) is 0 Å². The fourth-order valence-electron chi connectivity index (χ4n) is 3.19. The topological polar surface area (TPSA) is 103 Å². The molecule has 1 amide bonds. The normalized spacial score (nSPS) is 12.5. The largest absolute Gasteiger partial charge is 0.486 e. The summed E-state index contributed by atoms with van der Waals surface area (Å²) in [7, 11) is 0. The van der Waals surface area contributed by atoms with Crippen LogP contribution in [0.3, 0.4) is 0 Å². The van der Waals surface area contributed by atoms with Gasteiger partial charge in [-0.1, -0.05) is 6.07 Å². The lowest BCUT2D eigenvalue weighted by atomic mass is 10.1. The van der Waals surface area contributed by atoms with Crippen LogP contribution in [0.5, 0.6) is 11.5 Å². The van der Waals surface area contributed by atoms with Crippen molar-refractivity contribution in [2.75, 3.05) is 31.6 Å². The molecule has 0 atom stereocenters. The minimum absolute atomic E-state index is 0.208. The van der Waals surface area contributed by atoms with Crippen molar-refractivity contribution in [2.24, 2.45) is 0 Å². The first kappa shape index (κ1) is 19.7. The van der Waals surface area contributed by atoms with Crippen molar-refractivity contribution in [2.45, 2.75) is 20.8 Å². The Kier molecular flexibility index (Phi) is 5.51. The fraction of sp³-hybridized carbons (Fsp3) is 0.333. The Morgan fingerprint density at radius 1 is 1.07 bits per heavy atom. The Bertz CT molecular complexity index is 1060. The summed E-state index contributed by atoms with van der Waals surface area (Å²) in [5.74, 6) is 2.18. The van der Waals surface area contributed by atoms with Crippen LogP contribution < -0.4 is 20.1 Å². The quantitative estimate of drug-likeness (QED) is 0.603. The van der Waals surface area contributed by atoms with Crippen molar-refractivity contribution in [3.63, 3.8) is 0 Å². The van der Waals surface area contributed by atoms with E-state index in [2.05, 4.69) is 25.9 Å². The molecule has 2 aromatic heterocycles. The summed E-state index contributed by atoms with van der Waals surface area (Å²) in [4.78, 5) is 12.5. The van der Waals surface area contributed by atoms with Gasteiger partial charge in [0.25, 0.3) is 5.91 Å². The van der Waals surface area contributed by atoms with Crippen LogP contribution in [0.2, 0.25) is 0 Å². The smallest absolute Gasteiger partial charge is 0.255 e. The molecule has 0 radical (unpaired) electrons. The van der Waals surface area contributed by atoms with Gasteiger partial charge in [0.2, 0.25) is 0 Å². The van der Waals surface area contributed by atoms with Crippen molar-refractivity contribution in [3.8, 4) is 17.3 Å². The molecule has 1 aliphatic rings. The average molecular weight is 408 g/mol. The highest BCUT2D eigenvalue weighted by Gasteiger charge is 2.20. The van der Waals surface area contributed by atoms with Crippen molar-refractivity contribution in [1.82, 2.24) is 25.3 Å². The monoisotopic (exact) mass is 408 g/mol. The number of fused-ring (bicyclic) bond motifs is 1. The average Bonchev–Trinajstić information content (AvgIpc) is 3.04. The van der Waals surface area contributed by atoms with Crippen LogP contribution in [0, 0.1) is 20.8 Å². The highest BCUT2D eigenvalue weighted by Crippen LogP contribution is 2.33. The molecule has 0 saturated carbocycles. The lowest BCUT2D eigenvalue weighted by molar-refractivity contribution is 0.0944. The molecule has 0 fully saturated rings. The van der Waals surface area contributed by atoms with Gasteiger partial charge in [-0.3, -0.25) is 4.79 Å². The standard InChI is InChI=1S/C21H24N6O3/c1-13-14(2)26-27(15(13)3)19-8-7-18(24-25-19)22-9-10-23-21(28)16-5-4-6-17-20(16)30-12-11-29-17/h4-8H,9-12H2,1-3H3,(H,22,24)(H,23,28). The first-order valence-corrected chi connectivity index (χ1v) is 9.82. The van der Waals surface area contributed by atoms with Crippen molar-refractivity contribution >= 4 is 11.7 Å². The Hall–Kier alpha value is -3.62. The predicted octanol–water partition coefficient (Wildman–Crippen LogP) is 2.20. The van der Waals surface area contributed by atoms with Crippen LogP contribution in [0.4, 0.5) is 5.82 Å². The molecular weight excluding hydrogens is 384 g/mol. The Morgan fingerprint density at radius 3 is 2.63 bits per heavy atom. The maximum absolute atomic E-state index is 12.5. The van der Waals surface area contributed by atoms with E-state index in [1.165, 1.54) is 0 Å². The van der Waals surface area contributed by atoms with E-state index in [4.69, 9.17) is 9.47 Å². The third-order valence-corrected chi connectivity index (χ3v) is 5.05. The second-order valence-electron chi connectivity index (χ2n) is 7.00. The molecule has 0 unspecified atom stereocenters. The molecule has 1 aromatic carbocycles. The lowest BCUT2D eigenvalue weighted by Gasteiger charge is -2.20. The van der Waals surface area contributed by atoms with Gasteiger partial charge in [0.15, 0.2) is 17.3 Å². The first-order valence-electron chi connectivity index (χ1n) is 9.82. The molecule has 4 rings (SSSR count). The minimum atomic E-state index is -0.208. The number of carbonyl (C=O) groups is 1. The SMILES string of the molecule is Cc1nn(-c2ccc(NCCNC(=O)c3cccc4c3OCCO4)nn2)c(C)c1C. The van der Waals surface area contributed by atoms with Gasteiger partial charge in [0.05, 0.1) is 11.3 Å². The predicted molar refractivity (Wildman–Crippen MR) is 112 cm³/mol. The maximum Gasteiger partial charge on any atom is 0.255 e. The zero-order chi connectivity index (χ0) is 21.1. The van der Waals surface area contributed by atoms with Gasteiger partial charge in [-0.2, -0.15) is 5.10 Å². The number of nitrogens with one attached hydrogen (secondary N) is 2. The summed E-state index contributed by atoms with van der Waals surface area (Å²) in [6.07, 6.45) is 0. The number of carbonyl (C=O) groups excluding carboxylic acids is 1. The molecule has 1 aliphatic heterocycles. The second kappa shape index (κ2) is 8.40. The van der Waals surface area contributed by atoms with Gasteiger partial charge >= 0.3 is 0 Å². The second-order valence-corrected chi connectivity index (χ2v) is 7.00. The van der Waals surface area contributed by atoms with E-state index in [9.17, 15) is 4.79 Å². The van der Waals surface area contributed by atoms with Crippen LogP contribution in [0.15, 0.2) is 30.3 Å². The summed E-state index contributed by atoms with van der Waals surface area (Å²) in [6, 6.07) is 9.00. The number of amides is 1. The van der Waals surface area contributed by atoms with E-state index < -0.39 is 0 Å². The van der Waals surface area contributed by atoms with Gasteiger partial charge < -0.3 is 20.1 Å². The number of aryl methyl sites for hydroxylation is 1. The minimum Gasteiger partial charge on any atom is -0.486 e. The van der Waals surface area contributed by atoms with Gasteiger partial charge in [0.1, 0.15) is 19.0 Å². The van der Waals surface area contributed by atoms with Crippen LogP contribution in [0.25, 0.3) is 5.82 Å². The van der Waals surface area contributed by atoms with Gasteiger partial charge in [0, 0.05) is 18.8 Å². The molecule has 3 heterocycles. The molecule has 2 N–H and O–H groups in total. The number of benzene rings is 1. The zero-order valence-electron chi connectivity index (χ0n) is 17.2. The molecule has 0 aliphatic carbocycles. The Balaban J connectivity index is 1.31. The number of anilines is 1. The summed E-state index contributed by atoms with van der Waals surface area (Å²) in [5.41, 5.74) is 3.63. The highest BCUT2D eigenvalue weighted by atomic mass is 16.6. The maximum atomic E-state index is 12.5. The molecule has 3 aromatic rings. The number of hydrogen-bond acceptors (Lipinski definition) is 7. The number of aromatic nitrogens is 4. The molecule has 9 heteroatoms. The van der Waals surface area contributed by atoms with Gasteiger partial charge in [-0.25, -0.2) is 4.68 Å². The summed E-state index contributed by atoms with van der Waals surface area (Å²) < 4.78 is 12.9. The van der Waals surface area contributed by atoms with Gasteiger partial charge in [-0.15, -0.1) is 10.2 Å². The highest BCUT2D eigenvalue weighted by molar-refractivity contribution is 5.97. The zero-order valence-corrected chi connectivity index (χ0v) is 17.2. The number of nitrogens with zero attached hydrogens (tertiary/aromatic N) is 4. The lowest BCUT2D eigenvalue weighted by Crippen LogP contribution is -2.30. The van der Waals surface area contributed by atoms with Gasteiger partial charge in [-0.05, 0) is 50.6 Å². The fourth-order valence-corrected chi connectivity index (χ4v) is 3.19. The molecule has 0 saturated heterocycles. The molecule has 156 valence electrons. The number of ether oxygens (including phenoxy) is 2. The van der Waals surface area contributed by atoms with E-state index in [0.717, 1.165) is 17.0 Å². The van der Waals surface area contributed by atoms with E-state index in [-0.39, 0.29) is 5.91 Å². The summed E-state index contributed by atoms with van der Waals surface area (Å²) in [5, 5.41) is 19.0. The first-order chi connectivity index (χ1) is 14.5. The van der Waals surface area contributed by atoms with Crippen molar-refractivity contribution < 1.29 is 14.3 Å². The van der Waals surface area contributed by atoms with Crippen molar-refractivity contribution in [1.29, 1.82) is 0 Å². The summed E-state index contributed by atoms with van der Waals surface area (Å²) in [6.45, 7) is 7.87. The summed E-state index contributed by atoms with van der Waals surface area (Å²) >= 11 is 0. The van der Waals surface area contributed by atoms with E-state index in [0.29, 0.717) is 55.0 Å². The van der Waals surface area contributed by atoms with Crippen LogP contribution >= 0.6 is 0 Å². The Morgan fingerprint density at radius 2 is 1.90 bits per heavy atom. The molecule has 30 heavy (non-hydrogen) atoms. The Labute approximate surface area is 174 Å². The number of hydrogen-bond donors (Lipinski definition) is 2. The number of rotatable bonds is 6. The van der Waals surface area contributed by atoms with E-state index >= 15 is 0 Å². The third-order valence-electron chi connectivity index (χ3n) is 5.05. The molecule has 0 bridgehead atoms. The number of para-hydroxylation sites is 1. The third kappa shape index (κ3) is 3.91. The van der Waals surface area contributed by atoms with Crippen LogP contribution in [0.1, 0.15) is 27.3 Å². The van der Waals surface area contributed by atoms with Crippen molar-refractivity contribution in [3.05, 3.63) is 52.8 Å². The van der Waals surface area contributed by atoms with E-state index in [1.807, 2.05) is 32.9 Å².